The summed E-state index contributed by atoms with van der Waals surface area (Å²) in [7, 11) is 0. The summed E-state index contributed by atoms with van der Waals surface area (Å²) in [6, 6.07) is 18.6. The Morgan fingerprint density at radius 3 is 2.13 bits per heavy atom. The van der Waals surface area contributed by atoms with Crippen LogP contribution in [0, 0.1) is 0 Å². The molecule has 0 unspecified atom stereocenters. The molecule has 2 amide bonds. The van der Waals surface area contributed by atoms with Crippen molar-refractivity contribution in [3.8, 4) is 0 Å². The molecule has 2 aromatic rings. The first-order valence-corrected chi connectivity index (χ1v) is 7.64. The Morgan fingerprint density at radius 1 is 0.870 bits per heavy atom. The molecule has 5 nitrogen and oxygen atoms in total. The van der Waals surface area contributed by atoms with Crippen molar-refractivity contribution in [2.75, 3.05) is 16.5 Å². The molecule has 116 valence electrons. The Bertz CT molecular complexity index is 747. The van der Waals surface area contributed by atoms with E-state index in [1.165, 1.54) is 4.90 Å². The highest BCUT2D eigenvalue weighted by atomic mass is 16.7. The van der Waals surface area contributed by atoms with E-state index in [1.807, 2.05) is 48.5 Å². The number of rotatable bonds is 2. The molecule has 2 fully saturated rings. The third kappa shape index (κ3) is 2.21. The number of hydroxylamine groups is 1. The van der Waals surface area contributed by atoms with E-state index < -0.39 is 5.60 Å². The molecule has 2 aromatic carbocycles. The summed E-state index contributed by atoms with van der Waals surface area (Å²) in [5.41, 5.74) is 0.423. The van der Waals surface area contributed by atoms with Gasteiger partial charge in [0.15, 0.2) is 5.60 Å². The minimum absolute atomic E-state index is 0.0874. The monoisotopic (exact) mass is 308 g/mol. The zero-order chi connectivity index (χ0) is 15.9. The van der Waals surface area contributed by atoms with Crippen LogP contribution in [0.2, 0.25) is 0 Å². The van der Waals surface area contributed by atoms with Crippen molar-refractivity contribution in [3.63, 3.8) is 0 Å². The number of imide groups is 1. The molecule has 2 heterocycles. The van der Waals surface area contributed by atoms with Gasteiger partial charge in [0.05, 0.1) is 17.8 Å². The Hall–Kier alpha value is -2.66. The van der Waals surface area contributed by atoms with Gasteiger partial charge in [0, 0.05) is 13.0 Å². The van der Waals surface area contributed by atoms with Gasteiger partial charge in [-0.3, -0.25) is 19.5 Å². The molecule has 5 heteroatoms. The van der Waals surface area contributed by atoms with Gasteiger partial charge in [-0.15, -0.1) is 0 Å². The van der Waals surface area contributed by atoms with Gasteiger partial charge in [0.25, 0.3) is 5.91 Å². The Labute approximate surface area is 134 Å². The van der Waals surface area contributed by atoms with Gasteiger partial charge in [0.2, 0.25) is 5.91 Å². The standard InChI is InChI=1S/C18H16N2O3/c21-16-13-18(17(22)20(16)15-9-5-2-6-10-15)11-12-19(23-18)14-7-3-1-4-8-14/h1-10H,11-13H2/t18-/m0/s1. The Morgan fingerprint density at radius 2 is 1.48 bits per heavy atom. The van der Waals surface area contributed by atoms with Crippen LogP contribution in [0.25, 0.3) is 0 Å². The lowest BCUT2D eigenvalue weighted by Crippen LogP contribution is -2.41. The van der Waals surface area contributed by atoms with Crippen LogP contribution in [0.1, 0.15) is 12.8 Å². The lowest BCUT2D eigenvalue weighted by atomic mass is 9.99. The summed E-state index contributed by atoms with van der Waals surface area (Å²) in [6.07, 6.45) is 0.597. The third-order valence-electron chi connectivity index (χ3n) is 4.34. The highest BCUT2D eigenvalue weighted by molar-refractivity contribution is 6.24. The lowest BCUT2D eigenvalue weighted by molar-refractivity contribution is -0.135. The van der Waals surface area contributed by atoms with Crippen LogP contribution in [-0.2, 0) is 14.4 Å². The first kappa shape index (κ1) is 14.0. The molecule has 2 aliphatic rings. The summed E-state index contributed by atoms with van der Waals surface area (Å²) in [5, 5.41) is 1.71. The normalized spacial score (nSPS) is 24.0. The largest absolute Gasteiger partial charge is 0.274 e. The number of anilines is 2. The number of amides is 2. The van der Waals surface area contributed by atoms with E-state index in [9.17, 15) is 9.59 Å². The van der Waals surface area contributed by atoms with E-state index in [4.69, 9.17) is 4.84 Å². The Balaban J connectivity index is 1.61. The van der Waals surface area contributed by atoms with E-state index >= 15 is 0 Å². The highest BCUT2D eigenvalue weighted by Crippen LogP contribution is 2.40. The van der Waals surface area contributed by atoms with Crippen LogP contribution in [0.15, 0.2) is 60.7 Å². The van der Waals surface area contributed by atoms with Crippen molar-refractivity contribution >= 4 is 23.2 Å². The second-order valence-corrected chi connectivity index (χ2v) is 5.82. The van der Waals surface area contributed by atoms with Crippen LogP contribution >= 0.6 is 0 Å². The maximum absolute atomic E-state index is 12.9. The number of benzene rings is 2. The molecule has 4 rings (SSSR count). The fourth-order valence-electron chi connectivity index (χ4n) is 3.18. The fraction of sp³-hybridized carbons (Fsp3) is 0.222. The lowest BCUT2D eigenvalue weighted by Gasteiger charge is -2.23. The van der Waals surface area contributed by atoms with Crippen LogP contribution in [0.3, 0.4) is 0 Å². The van der Waals surface area contributed by atoms with E-state index in [0.717, 1.165) is 5.69 Å². The average molecular weight is 308 g/mol. The molecule has 0 radical (unpaired) electrons. The zero-order valence-corrected chi connectivity index (χ0v) is 12.5. The fourth-order valence-corrected chi connectivity index (χ4v) is 3.18. The number of hydrogen-bond donors (Lipinski definition) is 0. The van der Waals surface area contributed by atoms with Crippen molar-refractivity contribution in [1.82, 2.24) is 0 Å². The highest BCUT2D eigenvalue weighted by Gasteiger charge is 2.57. The van der Waals surface area contributed by atoms with Gasteiger partial charge in [-0.05, 0) is 24.3 Å². The first-order chi connectivity index (χ1) is 11.2. The summed E-state index contributed by atoms with van der Waals surface area (Å²) in [5.74, 6) is -0.483. The molecule has 2 saturated heterocycles. The van der Waals surface area contributed by atoms with Gasteiger partial charge in [-0.25, -0.2) is 4.90 Å². The van der Waals surface area contributed by atoms with Gasteiger partial charge < -0.3 is 0 Å². The second-order valence-electron chi connectivity index (χ2n) is 5.82. The molecule has 0 aliphatic carbocycles. The van der Waals surface area contributed by atoms with Crippen LogP contribution in [-0.4, -0.2) is 24.0 Å². The molecule has 0 aromatic heterocycles. The predicted molar refractivity (Wildman–Crippen MR) is 85.8 cm³/mol. The molecular weight excluding hydrogens is 292 g/mol. The van der Waals surface area contributed by atoms with E-state index in [-0.39, 0.29) is 18.2 Å². The number of carbonyl (C=O) groups is 2. The molecule has 0 saturated carbocycles. The van der Waals surface area contributed by atoms with Gasteiger partial charge in [-0.1, -0.05) is 36.4 Å². The SMILES string of the molecule is O=C1C[C@@]2(CCN(c3ccccc3)O2)C(=O)N1c1ccccc1. The van der Waals surface area contributed by atoms with Gasteiger partial charge in [0.1, 0.15) is 0 Å². The van der Waals surface area contributed by atoms with Crippen LogP contribution in [0.5, 0.6) is 0 Å². The summed E-state index contributed by atoms with van der Waals surface area (Å²) in [4.78, 5) is 32.5. The predicted octanol–water partition coefficient (Wildman–Crippen LogP) is 2.53. The molecule has 23 heavy (non-hydrogen) atoms. The summed E-state index contributed by atoms with van der Waals surface area (Å²) < 4.78 is 0. The second kappa shape index (κ2) is 5.21. The molecule has 0 bridgehead atoms. The number of nitrogens with zero attached hydrogens (tertiary/aromatic N) is 2. The topological polar surface area (TPSA) is 49.9 Å². The number of hydrogen-bond acceptors (Lipinski definition) is 4. The quantitative estimate of drug-likeness (QED) is 0.800. The average Bonchev–Trinajstić information content (AvgIpc) is 3.12. The van der Waals surface area contributed by atoms with Gasteiger partial charge >= 0.3 is 0 Å². The first-order valence-electron chi connectivity index (χ1n) is 7.64. The molecule has 1 spiro atoms. The third-order valence-corrected chi connectivity index (χ3v) is 4.34. The molecule has 2 aliphatic heterocycles. The van der Waals surface area contributed by atoms with Crippen molar-refractivity contribution in [2.45, 2.75) is 18.4 Å². The van der Waals surface area contributed by atoms with E-state index in [1.54, 1.807) is 17.2 Å². The maximum atomic E-state index is 12.9. The van der Waals surface area contributed by atoms with Crippen molar-refractivity contribution in [1.29, 1.82) is 0 Å². The Kier molecular flexibility index (Phi) is 3.16. The van der Waals surface area contributed by atoms with Crippen LogP contribution < -0.4 is 9.96 Å². The van der Waals surface area contributed by atoms with E-state index in [0.29, 0.717) is 18.7 Å². The van der Waals surface area contributed by atoms with Crippen molar-refractivity contribution in [3.05, 3.63) is 60.7 Å². The number of para-hydroxylation sites is 2. The van der Waals surface area contributed by atoms with Crippen molar-refractivity contribution < 1.29 is 14.4 Å². The number of carbonyl (C=O) groups excluding carboxylic acids is 2. The smallest absolute Gasteiger partial charge is 0.269 e. The molecule has 0 N–H and O–H groups in total. The summed E-state index contributed by atoms with van der Waals surface area (Å²) >= 11 is 0. The zero-order valence-electron chi connectivity index (χ0n) is 12.5. The minimum atomic E-state index is -1.07. The van der Waals surface area contributed by atoms with Crippen LogP contribution in [0.4, 0.5) is 11.4 Å². The summed E-state index contributed by atoms with van der Waals surface area (Å²) in [6.45, 7) is 0.589. The van der Waals surface area contributed by atoms with Crippen molar-refractivity contribution in [2.24, 2.45) is 0 Å². The maximum Gasteiger partial charge on any atom is 0.269 e. The molecule has 1 atom stereocenters. The van der Waals surface area contributed by atoms with Gasteiger partial charge in [-0.2, -0.15) is 0 Å². The van der Waals surface area contributed by atoms with E-state index in [2.05, 4.69) is 0 Å². The molecular formula is C18H16N2O3. The minimum Gasteiger partial charge on any atom is -0.274 e.